The van der Waals surface area contributed by atoms with E-state index in [1.165, 1.54) is 18.7 Å². The molecule has 0 saturated carbocycles. The van der Waals surface area contributed by atoms with Gasteiger partial charge in [-0.2, -0.15) is 5.10 Å². The number of ether oxygens (including phenoxy) is 2. The van der Waals surface area contributed by atoms with Gasteiger partial charge >= 0.3 is 5.97 Å². The molecule has 8 heteroatoms. The molecular weight excluding hydrogens is 318 g/mol. The Labute approximate surface area is 138 Å². The van der Waals surface area contributed by atoms with Crippen LogP contribution in [0.1, 0.15) is 25.0 Å². The first-order valence-electron chi connectivity index (χ1n) is 7.01. The molecule has 1 N–H and O–H groups in total. The van der Waals surface area contributed by atoms with Crippen LogP contribution < -0.4 is 10.1 Å². The molecule has 23 heavy (non-hydrogen) atoms. The first kappa shape index (κ1) is 17.0. The second kappa shape index (κ2) is 8.33. The van der Waals surface area contributed by atoms with Crippen molar-refractivity contribution in [2.75, 3.05) is 12.4 Å². The zero-order valence-electron chi connectivity index (χ0n) is 12.9. The van der Waals surface area contributed by atoms with Crippen molar-refractivity contribution in [3.8, 4) is 5.75 Å². The number of hydrogen-bond donors (Lipinski definition) is 1. The third-order valence-electron chi connectivity index (χ3n) is 2.76. The number of rotatable bonds is 6. The summed E-state index contributed by atoms with van der Waals surface area (Å²) in [5.74, 6) is 0.598. The normalized spacial score (nSPS) is 15.9. The molecule has 0 unspecified atom stereocenters. The minimum absolute atomic E-state index is 0.0753. The average Bonchev–Trinajstić information content (AvgIpc) is 2.93. The van der Waals surface area contributed by atoms with Crippen molar-refractivity contribution in [2.24, 2.45) is 10.2 Å². The molecule has 0 atom stereocenters. The first-order chi connectivity index (χ1) is 11.1. The SMILES string of the molecule is CCOc1ccc(C=NN=C2NC(=O)CS2)cc1COC(C)=O. The zero-order chi connectivity index (χ0) is 16.7. The van der Waals surface area contributed by atoms with E-state index in [0.29, 0.717) is 23.3 Å². The highest BCUT2D eigenvalue weighted by atomic mass is 32.2. The molecule has 1 aromatic carbocycles. The second-order valence-corrected chi connectivity index (χ2v) is 5.53. The predicted molar refractivity (Wildman–Crippen MR) is 88.7 cm³/mol. The van der Waals surface area contributed by atoms with Crippen LogP contribution in [0.2, 0.25) is 0 Å². The van der Waals surface area contributed by atoms with E-state index >= 15 is 0 Å². The van der Waals surface area contributed by atoms with Crippen LogP contribution in [0.5, 0.6) is 5.75 Å². The summed E-state index contributed by atoms with van der Waals surface area (Å²) >= 11 is 1.31. The molecule has 122 valence electrons. The van der Waals surface area contributed by atoms with Crippen LogP contribution >= 0.6 is 11.8 Å². The van der Waals surface area contributed by atoms with Gasteiger partial charge in [0.15, 0.2) is 5.17 Å². The Morgan fingerprint density at radius 2 is 2.30 bits per heavy atom. The number of hydrogen-bond acceptors (Lipinski definition) is 7. The molecule has 1 heterocycles. The van der Waals surface area contributed by atoms with Gasteiger partial charge in [-0.1, -0.05) is 11.8 Å². The monoisotopic (exact) mass is 335 g/mol. The van der Waals surface area contributed by atoms with E-state index in [-0.39, 0.29) is 18.5 Å². The fraction of sp³-hybridized carbons (Fsp3) is 0.333. The number of amides is 1. The predicted octanol–water partition coefficient (Wildman–Crippen LogP) is 1.70. The summed E-state index contributed by atoms with van der Waals surface area (Å²) in [6, 6.07) is 5.44. The second-order valence-electron chi connectivity index (χ2n) is 4.57. The maximum atomic E-state index is 11.0. The Hall–Kier alpha value is -2.35. The molecule has 1 aliphatic heterocycles. The molecule has 0 radical (unpaired) electrons. The molecule has 1 aliphatic rings. The molecule has 0 aliphatic carbocycles. The summed E-state index contributed by atoms with van der Waals surface area (Å²) in [5, 5.41) is 11.0. The number of carbonyl (C=O) groups excluding carboxylic acids is 2. The van der Waals surface area contributed by atoms with Crippen molar-refractivity contribution in [2.45, 2.75) is 20.5 Å². The van der Waals surface area contributed by atoms with Crippen molar-refractivity contribution in [3.05, 3.63) is 29.3 Å². The lowest BCUT2D eigenvalue weighted by Crippen LogP contribution is -2.19. The van der Waals surface area contributed by atoms with Gasteiger partial charge in [0.25, 0.3) is 0 Å². The maximum Gasteiger partial charge on any atom is 0.302 e. The van der Waals surface area contributed by atoms with E-state index < -0.39 is 0 Å². The molecule has 0 bridgehead atoms. The largest absolute Gasteiger partial charge is 0.493 e. The van der Waals surface area contributed by atoms with E-state index in [1.807, 2.05) is 19.1 Å². The van der Waals surface area contributed by atoms with Gasteiger partial charge in [-0.3, -0.25) is 9.59 Å². The number of carbonyl (C=O) groups is 2. The molecule has 0 spiro atoms. The van der Waals surface area contributed by atoms with Gasteiger partial charge in [0.1, 0.15) is 12.4 Å². The minimum atomic E-state index is -0.355. The Morgan fingerprint density at radius 3 is 2.96 bits per heavy atom. The van der Waals surface area contributed by atoms with Crippen LogP contribution in [-0.2, 0) is 20.9 Å². The summed E-state index contributed by atoms with van der Waals surface area (Å²) in [6.45, 7) is 3.89. The molecule has 1 saturated heterocycles. The fourth-order valence-corrected chi connectivity index (χ4v) is 2.43. The van der Waals surface area contributed by atoms with Crippen LogP contribution in [-0.4, -0.2) is 35.6 Å². The molecule has 2 rings (SSSR count). The summed E-state index contributed by atoms with van der Waals surface area (Å²) in [5.41, 5.74) is 1.54. The topological polar surface area (TPSA) is 89.3 Å². The van der Waals surface area contributed by atoms with Gasteiger partial charge in [-0.05, 0) is 30.7 Å². The number of amidine groups is 1. The third-order valence-corrected chi connectivity index (χ3v) is 3.62. The van der Waals surface area contributed by atoms with Crippen molar-refractivity contribution >= 4 is 35.0 Å². The molecule has 1 fully saturated rings. The van der Waals surface area contributed by atoms with Crippen LogP contribution in [0.15, 0.2) is 28.4 Å². The maximum absolute atomic E-state index is 11.0. The Kier molecular flexibility index (Phi) is 6.16. The Morgan fingerprint density at radius 1 is 1.48 bits per heavy atom. The highest BCUT2D eigenvalue weighted by Gasteiger charge is 2.15. The van der Waals surface area contributed by atoms with Gasteiger partial charge in [0.05, 0.1) is 18.6 Å². The van der Waals surface area contributed by atoms with Gasteiger partial charge in [-0.25, -0.2) is 0 Å². The molecular formula is C15H17N3O4S. The highest BCUT2D eigenvalue weighted by molar-refractivity contribution is 8.15. The number of nitrogens with zero attached hydrogens (tertiary/aromatic N) is 2. The Balaban J connectivity index is 2.10. The number of benzene rings is 1. The fourth-order valence-electron chi connectivity index (χ4n) is 1.80. The van der Waals surface area contributed by atoms with Crippen LogP contribution in [0, 0.1) is 0 Å². The Bertz CT molecular complexity index is 658. The molecule has 7 nitrogen and oxygen atoms in total. The van der Waals surface area contributed by atoms with Crippen LogP contribution in [0.25, 0.3) is 0 Å². The molecule has 1 amide bonds. The molecule has 1 aromatic rings. The lowest BCUT2D eigenvalue weighted by atomic mass is 10.1. The lowest BCUT2D eigenvalue weighted by Gasteiger charge is -2.10. The standard InChI is InChI=1S/C15H17N3O4S/c1-3-21-13-5-4-11(6-12(13)8-22-10(2)19)7-16-18-15-17-14(20)9-23-15/h4-7H,3,8-9H2,1-2H3,(H,17,18,20). The number of nitrogens with one attached hydrogen (secondary N) is 1. The average molecular weight is 335 g/mol. The summed E-state index contributed by atoms with van der Waals surface area (Å²) in [4.78, 5) is 22.0. The lowest BCUT2D eigenvalue weighted by molar-refractivity contribution is -0.142. The van der Waals surface area contributed by atoms with E-state index in [2.05, 4.69) is 15.5 Å². The van der Waals surface area contributed by atoms with Crippen LogP contribution in [0.4, 0.5) is 0 Å². The minimum Gasteiger partial charge on any atom is -0.493 e. The summed E-state index contributed by atoms with van der Waals surface area (Å²) < 4.78 is 10.5. The smallest absolute Gasteiger partial charge is 0.302 e. The number of thioether (sulfide) groups is 1. The van der Waals surface area contributed by atoms with Gasteiger partial charge < -0.3 is 14.8 Å². The van der Waals surface area contributed by atoms with Crippen molar-refractivity contribution in [1.82, 2.24) is 5.32 Å². The van der Waals surface area contributed by atoms with Gasteiger partial charge in [0, 0.05) is 12.5 Å². The molecule has 0 aromatic heterocycles. The van der Waals surface area contributed by atoms with Crippen molar-refractivity contribution < 1.29 is 19.1 Å². The zero-order valence-corrected chi connectivity index (χ0v) is 13.7. The van der Waals surface area contributed by atoms with Gasteiger partial charge in [0.2, 0.25) is 5.91 Å². The summed E-state index contributed by atoms with van der Waals surface area (Å²) in [7, 11) is 0. The highest BCUT2D eigenvalue weighted by Crippen LogP contribution is 2.21. The van der Waals surface area contributed by atoms with Gasteiger partial charge in [-0.15, -0.1) is 5.10 Å². The van der Waals surface area contributed by atoms with Crippen molar-refractivity contribution in [1.29, 1.82) is 0 Å². The number of esters is 1. The van der Waals surface area contributed by atoms with E-state index in [4.69, 9.17) is 9.47 Å². The third kappa shape index (κ3) is 5.41. The van der Waals surface area contributed by atoms with Crippen LogP contribution in [0.3, 0.4) is 0 Å². The van der Waals surface area contributed by atoms with Crippen molar-refractivity contribution in [3.63, 3.8) is 0 Å². The van der Waals surface area contributed by atoms with E-state index in [9.17, 15) is 9.59 Å². The van der Waals surface area contributed by atoms with E-state index in [1.54, 1.807) is 12.3 Å². The van der Waals surface area contributed by atoms with E-state index in [0.717, 1.165) is 11.1 Å². The quantitative estimate of drug-likeness (QED) is 0.485. The first-order valence-corrected chi connectivity index (χ1v) is 7.99. The summed E-state index contributed by atoms with van der Waals surface area (Å²) in [6.07, 6.45) is 1.56.